The lowest BCUT2D eigenvalue weighted by Crippen LogP contribution is -2.22. The number of rotatable bonds is 3. The molecule has 0 radical (unpaired) electrons. The summed E-state index contributed by atoms with van der Waals surface area (Å²) in [6, 6.07) is 11.5. The molecule has 5 nitrogen and oxygen atoms in total. The molecule has 0 unspecified atom stereocenters. The van der Waals surface area contributed by atoms with Crippen molar-refractivity contribution < 1.29 is 8.78 Å². The number of fused-ring (bicyclic) bond motifs is 2. The molecule has 0 bridgehead atoms. The zero-order valence-corrected chi connectivity index (χ0v) is 15.6. The molecule has 0 spiro atoms. The first kappa shape index (κ1) is 18.1. The minimum atomic E-state index is -0.717. The summed E-state index contributed by atoms with van der Waals surface area (Å²) in [4.78, 5) is 24.4. The van der Waals surface area contributed by atoms with Crippen LogP contribution >= 0.6 is 0 Å². The Balaban J connectivity index is 1.58. The summed E-state index contributed by atoms with van der Waals surface area (Å²) >= 11 is 0. The fourth-order valence-corrected chi connectivity index (χ4v) is 3.52. The van der Waals surface area contributed by atoms with Crippen LogP contribution in [0.4, 0.5) is 8.78 Å². The van der Waals surface area contributed by atoms with Crippen molar-refractivity contribution in [1.82, 2.24) is 19.5 Å². The van der Waals surface area contributed by atoms with Crippen LogP contribution in [0.15, 0.2) is 78.2 Å². The predicted molar refractivity (Wildman–Crippen MR) is 110 cm³/mol. The fourth-order valence-electron chi connectivity index (χ4n) is 3.52. The van der Waals surface area contributed by atoms with E-state index < -0.39 is 17.2 Å². The van der Waals surface area contributed by atoms with Gasteiger partial charge >= 0.3 is 0 Å². The van der Waals surface area contributed by atoms with Crippen molar-refractivity contribution in [2.75, 3.05) is 0 Å². The first-order valence-electron chi connectivity index (χ1n) is 9.22. The molecule has 0 N–H and O–H groups in total. The molecule has 5 aromatic rings. The van der Waals surface area contributed by atoms with Crippen LogP contribution in [0.25, 0.3) is 32.9 Å². The van der Waals surface area contributed by atoms with Gasteiger partial charge in [0.05, 0.1) is 24.5 Å². The second-order valence-corrected chi connectivity index (χ2v) is 6.90. The maximum atomic E-state index is 14.9. The Hall–Kier alpha value is -4.00. The summed E-state index contributed by atoms with van der Waals surface area (Å²) in [5.41, 5.74) is 1.41. The largest absolute Gasteiger partial charge is 0.301 e. The molecule has 5 rings (SSSR count). The Kier molecular flexibility index (Phi) is 4.28. The van der Waals surface area contributed by atoms with Gasteiger partial charge in [0.1, 0.15) is 17.2 Å². The Morgan fingerprint density at radius 3 is 2.40 bits per heavy atom. The average molecular weight is 400 g/mol. The fraction of sp³-hybridized carbons (Fsp3) is 0.0435. The van der Waals surface area contributed by atoms with Crippen LogP contribution in [-0.4, -0.2) is 19.5 Å². The van der Waals surface area contributed by atoms with Crippen LogP contribution in [-0.2, 0) is 6.54 Å². The molecular formula is C23H14F2N4O. The molecule has 146 valence electrons. The van der Waals surface area contributed by atoms with Crippen LogP contribution in [0, 0.1) is 11.6 Å². The van der Waals surface area contributed by atoms with E-state index in [1.54, 1.807) is 24.5 Å². The highest BCUT2D eigenvalue weighted by Crippen LogP contribution is 2.28. The molecule has 0 aliphatic rings. The summed E-state index contributed by atoms with van der Waals surface area (Å²) in [5, 5.41) is 1.87. The minimum absolute atomic E-state index is 0.185. The number of benzene rings is 2. The summed E-state index contributed by atoms with van der Waals surface area (Å²) in [5.74, 6) is -1.43. The molecule has 3 heterocycles. The van der Waals surface area contributed by atoms with Gasteiger partial charge in [-0.25, -0.2) is 13.8 Å². The van der Waals surface area contributed by atoms with Crippen LogP contribution in [0.5, 0.6) is 0 Å². The maximum Gasteiger partial charge on any atom is 0.269 e. The lowest BCUT2D eigenvalue weighted by atomic mass is 10.00. The summed E-state index contributed by atoms with van der Waals surface area (Å²) in [7, 11) is 0. The predicted octanol–water partition coefficient (Wildman–Crippen LogP) is 4.33. The third-order valence-electron chi connectivity index (χ3n) is 5.08. The lowest BCUT2D eigenvalue weighted by molar-refractivity contribution is 0.545. The number of aromatic nitrogens is 4. The van der Waals surface area contributed by atoms with Gasteiger partial charge in [0, 0.05) is 29.5 Å². The van der Waals surface area contributed by atoms with Gasteiger partial charge in [-0.3, -0.25) is 14.8 Å². The van der Waals surface area contributed by atoms with E-state index in [-0.39, 0.29) is 12.1 Å². The van der Waals surface area contributed by atoms with E-state index in [1.165, 1.54) is 29.1 Å². The summed E-state index contributed by atoms with van der Waals surface area (Å²) in [6.45, 7) is -0.247. The van der Waals surface area contributed by atoms with Crippen LogP contribution in [0.3, 0.4) is 0 Å². The van der Waals surface area contributed by atoms with Crippen molar-refractivity contribution in [3.8, 4) is 11.1 Å². The van der Waals surface area contributed by atoms with E-state index >= 15 is 0 Å². The van der Waals surface area contributed by atoms with Gasteiger partial charge in [-0.2, -0.15) is 0 Å². The highest BCUT2D eigenvalue weighted by atomic mass is 19.1. The van der Waals surface area contributed by atoms with E-state index in [2.05, 4.69) is 15.0 Å². The monoisotopic (exact) mass is 400 g/mol. The highest BCUT2D eigenvalue weighted by Gasteiger charge is 2.15. The van der Waals surface area contributed by atoms with Crippen LogP contribution in [0.1, 0.15) is 5.56 Å². The average Bonchev–Trinajstić information content (AvgIpc) is 2.77. The smallest absolute Gasteiger partial charge is 0.269 e. The highest BCUT2D eigenvalue weighted by molar-refractivity contribution is 5.86. The van der Waals surface area contributed by atoms with E-state index in [0.29, 0.717) is 22.2 Å². The topological polar surface area (TPSA) is 60.7 Å². The Morgan fingerprint density at radius 1 is 0.800 bits per heavy atom. The number of nitrogens with zero attached hydrogens (tertiary/aromatic N) is 4. The Morgan fingerprint density at radius 2 is 1.57 bits per heavy atom. The molecule has 0 amide bonds. The summed E-state index contributed by atoms with van der Waals surface area (Å²) in [6.07, 6.45) is 7.53. The van der Waals surface area contributed by atoms with Gasteiger partial charge in [0.15, 0.2) is 0 Å². The molecule has 0 saturated heterocycles. The molecule has 0 atom stereocenters. The first-order chi connectivity index (χ1) is 14.6. The number of hydrogen-bond donors (Lipinski definition) is 0. The Bertz CT molecular complexity index is 1460. The molecule has 2 aromatic carbocycles. The number of hydrogen-bond acceptors (Lipinski definition) is 4. The molecule has 0 saturated carbocycles. The first-order valence-corrected chi connectivity index (χ1v) is 9.22. The number of pyridine rings is 2. The third kappa shape index (κ3) is 3.10. The molecule has 0 aliphatic heterocycles. The molecule has 30 heavy (non-hydrogen) atoms. The van der Waals surface area contributed by atoms with Gasteiger partial charge in [0.2, 0.25) is 0 Å². The molecule has 3 aromatic heterocycles. The van der Waals surface area contributed by atoms with E-state index in [9.17, 15) is 13.6 Å². The van der Waals surface area contributed by atoms with Crippen molar-refractivity contribution in [1.29, 1.82) is 0 Å². The van der Waals surface area contributed by atoms with Crippen molar-refractivity contribution in [2.45, 2.75) is 6.54 Å². The van der Waals surface area contributed by atoms with E-state index in [4.69, 9.17) is 0 Å². The standard InChI is InChI=1S/C23H14F2N4O/c24-19-8-17(14-1-2-16-10-26-5-3-15(16)7-14)9-20(25)18(19)13-29-22-4-6-27-11-21(22)28-12-23(29)30/h1-12H,13H2. The minimum Gasteiger partial charge on any atom is -0.301 e. The zero-order chi connectivity index (χ0) is 20.7. The van der Waals surface area contributed by atoms with Gasteiger partial charge in [-0.15, -0.1) is 0 Å². The normalized spacial score (nSPS) is 11.3. The van der Waals surface area contributed by atoms with Gasteiger partial charge in [-0.1, -0.05) is 12.1 Å². The van der Waals surface area contributed by atoms with Crippen molar-refractivity contribution in [2.24, 2.45) is 0 Å². The molecule has 0 aliphatic carbocycles. The molecule has 0 fully saturated rings. The van der Waals surface area contributed by atoms with Crippen molar-refractivity contribution >= 4 is 21.8 Å². The quantitative estimate of drug-likeness (QED) is 0.452. The second kappa shape index (κ2) is 7.11. The van der Waals surface area contributed by atoms with Crippen molar-refractivity contribution in [3.63, 3.8) is 0 Å². The van der Waals surface area contributed by atoms with E-state index in [1.807, 2.05) is 18.2 Å². The summed E-state index contributed by atoms with van der Waals surface area (Å²) < 4.78 is 31.2. The van der Waals surface area contributed by atoms with Crippen LogP contribution < -0.4 is 5.56 Å². The number of halogens is 2. The third-order valence-corrected chi connectivity index (χ3v) is 5.08. The van der Waals surface area contributed by atoms with Gasteiger partial charge in [-0.05, 0) is 46.8 Å². The van der Waals surface area contributed by atoms with Crippen LogP contribution in [0.2, 0.25) is 0 Å². The van der Waals surface area contributed by atoms with Crippen molar-refractivity contribution in [3.05, 3.63) is 101 Å². The van der Waals surface area contributed by atoms with E-state index in [0.717, 1.165) is 17.0 Å². The molecule has 7 heteroatoms. The maximum absolute atomic E-state index is 14.9. The van der Waals surface area contributed by atoms with Gasteiger partial charge in [0.25, 0.3) is 5.56 Å². The molecular weight excluding hydrogens is 386 g/mol. The lowest BCUT2D eigenvalue weighted by Gasteiger charge is -2.12. The zero-order valence-electron chi connectivity index (χ0n) is 15.6. The SMILES string of the molecule is O=c1cnc2cnccc2n1Cc1c(F)cc(-c2ccc3cnccc3c2)cc1F. The Labute approximate surface area is 169 Å². The van der Waals surface area contributed by atoms with Gasteiger partial charge < -0.3 is 4.57 Å². The second-order valence-electron chi connectivity index (χ2n) is 6.90.